The maximum atomic E-state index is 12.6. The predicted octanol–water partition coefficient (Wildman–Crippen LogP) is 4.19. The van der Waals surface area contributed by atoms with Crippen LogP contribution in [0.15, 0.2) is 36.5 Å². The van der Waals surface area contributed by atoms with Crippen molar-refractivity contribution >= 4 is 22.6 Å². The van der Waals surface area contributed by atoms with Gasteiger partial charge in [0.2, 0.25) is 0 Å². The number of amides is 1. The third kappa shape index (κ3) is 3.65. The monoisotopic (exact) mass is 334 g/mol. The van der Waals surface area contributed by atoms with Crippen LogP contribution in [0.3, 0.4) is 0 Å². The molecular weight excluding hydrogens is 312 g/mol. The molecule has 0 fully saturated rings. The number of hydrogen-bond acceptors (Lipinski definition) is 4. The number of nitrogens with zero attached hydrogens (tertiary/aromatic N) is 3. The van der Waals surface area contributed by atoms with E-state index >= 15 is 0 Å². The van der Waals surface area contributed by atoms with Gasteiger partial charge < -0.3 is 5.32 Å². The van der Waals surface area contributed by atoms with Crippen LogP contribution < -0.4 is 5.32 Å². The summed E-state index contributed by atoms with van der Waals surface area (Å²) in [7, 11) is 0. The summed E-state index contributed by atoms with van der Waals surface area (Å²) >= 11 is 0. The number of carbonyl (C=O) groups excluding carboxylic acids is 1. The molecule has 0 aliphatic carbocycles. The molecule has 1 amide bonds. The van der Waals surface area contributed by atoms with Gasteiger partial charge in [-0.1, -0.05) is 20.8 Å². The summed E-state index contributed by atoms with van der Waals surface area (Å²) < 4.78 is 0. The van der Waals surface area contributed by atoms with Crippen LogP contribution in [0.25, 0.3) is 11.0 Å². The van der Waals surface area contributed by atoms with Crippen molar-refractivity contribution in [3.63, 3.8) is 0 Å². The molecule has 1 N–H and O–H groups in total. The van der Waals surface area contributed by atoms with Crippen LogP contribution in [-0.4, -0.2) is 20.9 Å². The van der Waals surface area contributed by atoms with Gasteiger partial charge in [-0.2, -0.15) is 0 Å². The Morgan fingerprint density at radius 3 is 2.32 bits per heavy atom. The molecule has 2 heterocycles. The van der Waals surface area contributed by atoms with Crippen molar-refractivity contribution in [2.45, 2.75) is 40.0 Å². The molecule has 3 aromatic rings. The van der Waals surface area contributed by atoms with E-state index < -0.39 is 0 Å². The fourth-order valence-electron chi connectivity index (χ4n) is 2.49. The minimum atomic E-state index is -0.173. The second-order valence-corrected chi connectivity index (χ2v) is 7.23. The highest BCUT2D eigenvalue weighted by Gasteiger charge is 2.16. The van der Waals surface area contributed by atoms with Gasteiger partial charge in [0.25, 0.3) is 5.91 Å². The maximum Gasteiger partial charge on any atom is 0.255 e. The number of carbonyl (C=O) groups is 1. The molecule has 25 heavy (non-hydrogen) atoms. The zero-order chi connectivity index (χ0) is 18.2. The lowest BCUT2D eigenvalue weighted by Gasteiger charge is -2.18. The first-order valence-corrected chi connectivity index (χ1v) is 8.27. The molecule has 0 radical (unpaired) electrons. The molecule has 2 aromatic heterocycles. The van der Waals surface area contributed by atoms with Crippen molar-refractivity contribution in [2.75, 3.05) is 5.32 Å². The van der Waals surface area contributed by atoms with Gasteiger partial charge in [-0.05, 0) is 44.2 Å². The van der Waals surface area contributed by atoms with Crippen LogP contribution in [0.1, 0.15) is 48.2 Å². The number of nitrogens with one attached hydrogen (secondary N) is 1. The summed E-state index contributed by atoms with van der Waals surface area (Å²) in [6.07, 6.45) is 1.72. The molecule has 0 aliphatic heterocycles. The molecule has 128 valence electrons. The summed E-state index contributed by atoms with van der Waals surface area (Å²) in [6, 6.07) is 9.08. The smallest absolute Gasteiger partial charge is 0.255 e. The third-order valence-electron chi connectivity index (χ3n) is 4.12. The Bertz CT molecular complexity index is 958. The molecule has 5 heteroatoms. The Morgan fingerprint density at radius 2 is 1.64 bits per heavy atom. The number of benzene rings is 1. The number of anilines is 1. The molecule has 5 nitrogen and oxygen atoms in total. The summed E-state index contributed by atoms with van der Waals surface area (Å²) in [4.78, 5) is 26.0. The van der Waals surface area contributed by atoms with Gasteiger partial charge in [0.15, 0.2) is 0 Å². The van der Waals surface area contributed by atoms with Gasteiger partial charge in [-0.3, -0.25) is 9.78 Å². The van der Waals surface area contributed by atoms with Gasteiger partial charge >= 0.3 is 0 Å². The zero-order valence-corrected chi connectivity index (χ0v) is 15.2. The Balaban J connectivity index is 1.89. The molecular formula is C20H22N4O. The van der Waals surface area contributed by atoms with Crippen LogP contribution in [-0.2, 0) is 5.41 Å². The first-order chi connectivity index (χ1) is 11.7. The van der Waals surface area contributed by atoms with E-state index in [2.05, 4.69) is 41.0 Å². The zero-order valence-electron chi connectivity index (χ0n) is 15.2. The number of hydrogen-bond donors (Lipinski definition) is 1. The number of pyridine rings is 1. The Labute approximate surface area is 147 Å². The van der Waals surface area contributed by atoms with Crippen LogP contribution >= 0.6 is 0 Å². The molecule has 3 rings (SSSR count). The highest BCUT2D eigenvalue weighted by Crippen LogP contribution is 2.23. The van der Waals surface area contributed by atoms with Gasteiger partial charge in [-0.25, -0.2) is 9.97 Å². The van der Waals surface area contributed by atoms with Crippen LogP contribution in [0, 0.1) is 13.8 Å². The highest BCUT2D eigenvalue weighted by atomic mass is 16.1. The largest absolute Gasteiger partial charge is 0.322 e. The first kappa shape index (κ1) is 17.0. The lowest BCUT2D eigenvalue weighted by molar-refractivity contribution is 0.102. The molecule has 0 unspecified atom stereocenters. The third-order valence-corrected chi connectivity index (χ3v) is 4.12. The standard InChI is InChI=1S/C20H22N4O/c1-12-13(2)23-17-10-14(6-7-16(17)22-12)19(25)24-15-8-9-21-18(11-15)20(3,4)5/h6-11H,1-5H3,(H,21,24,25). The highest BCUT2D eigenvalue weighted by molar-refractivity contribution is 6.05. The maximum absolute atomic E-state index is 12.6. The summed E-state index contributed by atoms with van der Waals surface area (Å²) in [5.41, 5.74) is 5.43. The molecule has 0 atom stereocenters. The SMILES string of the molecule is Cc1nc2ccc(C(=O)Nc3ccnc(C(C)(C)C)c3)cc2nc1C. The number of rotatable bonds is 2. The van der Waals surface area contributed by atoms with Gasteiger partial charge in [0.05, 0.1) is 22.4 Å². The van der Waals surface area contributed by atoms with Crippen LogP contribution in [0.4, 0.5) is 5.69 Å². The van der Waals surface area contributed by atoms with E-state index in [0.29, 0.717) is 5.56 Å². The van der Waals surface area contributed by atoms with Crippen molar-refractivity contribution in [3.05, 3.63) is 59.2 Å². The second-order valence-electron chi connectivity index (χ2n) is 7.23. The van der Waals surface area contributed by atoms with E-state index in [0.717, 1.165) is 33.8 Å². The van der Waals surface area contributed by atoms with E-state index in [1.54, 1.807) is 24.4 Å². The number of aromatic nitrogens is 3. The van der Waals surface area contributed by atoms with Gasteiger partial charge in [0, 0.05) is 28.6 Å². The predicted molar refractivity (Wildman–Crippen MR) is 99.9 cm³/mol. The average Bonchev–Trinajstić information content (AvgIpc) is 2.55. The molecule has 0 saturated carbocycles. The average molecular weight is 334 g/mol. The van der Waals surface area contributed by atoms with E-state index in [9.17, 15) is 4.79 Å². The summed E-state index contributed by atoms with van der Waals surface area (Å²) in [6.45, 7) is 10.1. The van der Waals surface area contributed by atoms with E-state index in [-0.39, 0.29) is 11.3 Å². The van der Waals surface area contributed by atoms with E-state index in [4.69, 9.17) is 0 Å². The molecule has 1 aromatic carbocycles. The topological polar surface area (TPSA) is 67.8 Å². The fraction of sp³-hybridized carbons (Fsp3) is 0.300. The molecule has 0 bridgehead atoms. The van der Waals surface area contributed by atoms with Crippen molar-refractivity contribution in [1.82, 2.24) is 15.0 Å². The van der Waals surface area contributed by atoms with Crippen molar-refractivity contribution < 1.29 is 4.79 Å². The van der Waals surface area contributed by atoms with Crippen LogP contribution in [0.2, 0.25) is 0 Å². The normalized spacial score (nSPS) is 11.6. The lowest BCUT2D eigenvalue weighted by atomic mass is 9.91. The summed E-state index contributed by atoms with van der Waals surface area (Å²) in [5, 5.41) is 2.93. The van der Waals surface area contributed by atoms with E-state index in [1.165, 1.54) is 0 Å². The van der Waals surface area contributed by atoms with Crippen LogP contribution in [0.5, 0.6) is 0 Å². The van der Waals surface area contributed by atoms with Crippen molar-refractivity contribution in [1.29, 1.82) is 0 Å². The Morgan fingerprint density at radius 1 is 0.960 bits per heavy atom. The number of aryl methyl sites for hydroxylation is 2. The Kier molecular flexibility index (Phi) is 4.25. The molecule has 0 aliphatic rings. The lowest BCUT2D eigenvalue weighted by Crippen LogP contribution is -2.16. The minimum Gasteiger partial charge on any atom is -0.322 e. The van der Waals surface area contributed by atoms with Gasteiger partial charge in [0.1, 0.15) is 0 Å². The van der Waals surface area contributed by atoms with Gasteiger partial charge in [-0.15, -0.1) is 0 Å². The quantitative estimate of drug-likeness (QED) is 0.763. The summed E-state index contributed by atoms with van der Waals surface area (Å²) in [5.74, 6) is -0.173. The first-order valence-electron chi connectivity index (χ1n) is 8.27. The van der Waals surface area contributed by atoms with Crippen molar-refractivity contribution in [2.24, 2.45) is 0 Å². The number of fused-ring (bicyclic) bond motifs is 1. The van der Waals surface area contributed by atoms with Crippen molar-refractivity contribution in [3.8, 4) is 0 Å². The minimum absolute atomic E-state index is 0.0747. The molecule has 0 saturated heterocycles. The second kappa shape index (κ2) is 6.24. The fourth-order valence-corrected chi connectivity index (χ4v) is 2.49. The van der Waals surface area contributed by atoms with E-state index in [1.807, 2.05) is 26.0 Å². The Hall–Kier alpha value is -2.82. The molecule has 0 spiro atoms.